The standard InChI is InChI=1S/C17H17FO3/c18-15-8-13(11-19)9-16(10-15)20-5-3-12-1-2-17-14(7-12)4-6-21-17/h1-2,7-10,19H,3-6,11H2. The molecule has 0 aromatic heterocycles. The van der Waals surface area contributed by atoms with Crippen LogP contribution in [0.15, 0.2) is 36.4 Å². The lowest BCUT2D eigenvalue weighted by atomic mass is 10.1. The first-order chi connectivity index (χ1) is 10.2. The average Bonchev–Trinajstić information content (AvgIpc) is 2.94. The molecule has 0 aliphatic carbocycles. The first-order valence-corrected chi connectivity index (χ1v) is 7.02. The summed E-state index contributed by atoms with van der Waals surface area (Å²) >= 11 is 0. The van der Waals surface area contributed by atoms with Crippen LogP contribution < -0.4 is 9.47 Å². The zero-order chi connectivity index (χ0) is 14.7. The van der Waals surface area contributed by atoms with Gasteiger partial charge in [-0.25, -0.2) is 4.39 Å². The summed E-state index contributed by atoms with van der Waals surface area (Å²) in [5.74, 6) is 1.02. The van der Waals surface area contributed by atoms with Gasteiger partial charge in [-0.15, -0.1) is 0 Å². The first kappa shape index (κ1) is 13.9. The Balaban J connectivity index is 1.60. The largest absolute Gasteiger partial charge is 0.493 e. The monoisotopic (exact) mass is 288 g/mol. The minimum absolute atomic E-state index is 0.195. The van der Waals surface area contributed by atoms with Gasteiger partial charge in [0.05, 0.1) is 19.8 Å². The van der Waals surface area contributed by atoms with Gasteiger partial charge in [-0.2, -0.15) is 0 Å². The van der Waals surface area contributed by atoms with Gasteiger partial charge in [-0.3, -0.25) is 0 Å². The Bertz CT molecular complexity index is 640. The summed E-state index contributed by atoms with van der Waals surface area (Å²) in [7, 11) is 0. The molecular weight excluding hydrogens is 271 g/mol. The lowest BCUT2D eigenvalue weighted by Gasteiger charge is -2.09. The van der Waals surface area contributed by atoms with Gasteiger partial charge in [-0.1, -0.05) is 12.1 Å². The van der Waals surface area contributed by atoms with Crippen LogP contribution in [0.25, 0.3) is 0 Å². The van der Waals surface area contributed by atoms with Gasteiger partial charge in [0, 0.05) is 18.9 Å². The van der Waals surface area contributed by atoms with Crippen LogP contribution in [-0.2, 0) is 19.4 Å². The van der Waals surface area contributed by atoms with Crippen LogP contribution in [0.4, 0.5) is 4.39 Å². The topological polar surface area (TPSA) is 38.7 Å². The fraction of sp³-hybridized carbons (Fsp3) is 0.294. The number of fused-ring (bicyclic) bond motifs is 1. The van der Waals surface area contributed by atoms with Crippen molar-refractivity contribution < 1.29 is 19.0 Å². The molecule has 0 unspecified atom stereocenters. The van der Waals surface area contributed by atoms with E-state index in [1.54, 1.807) is 6.07 Å². The van der Waals surface area contributed by atoms with E-state index in [9.17, 15) is 4.39 Å². The number of aliphatic hydroxyl groups excluding tert-OH is 1. The number of benzene rings is 2. The van der Waals surface area contributed by atoms with Gasteiger partial charge in [-0.05, 0) is 34.9 Å². The molecule has 1 aliphatic rings. The molecule has 110 valence electrons. The SMILES string of the molecule is OCc1cc(F)cc(OCCc2ccc3c(c2)CCO3)c1. The first-order valence-electron chi connectivity index (χ1n) is 7.02. The van der Waals surface area contributed by atoms with Gasteiger partial charge < -0.3 is 14.6 Å². The maximum atomic E-state index is 13.3. The summed E-state index contributed by atoms with van der Waals surface area (Å²) in [6, 6.07) is 10.4. The van der Waals surface area contributed by atoms with E-state index >= 15 is 0 Å². The molecule has 3 nitrogen and oxygen atoms in total. The molecular formula is C17H17FO3. The second kappa shape index (κ2) is 6.14. The van der Waals surface area contributed by atoms with Crippen LogP contribution in [0, 0.1) is 5.82 Å². The predicted molar refractivity (Wildman–Crippen MR) is 77.2 cm³/mol. The minimum Gasteiger partial charge on any atom is -0.493 e. The normalized spacial score (nSPS) is 12.9. The van der Waals surface area contributed by atoms with E-state index in [0.717, 1.165) is 25.2 Å². The van der Waals surface area contributed by atoms with Gasteiger partial charge in [0.25, 0.3) is 0 Å². The lowest BCUT2D eigenvalue weighted by molar-refractivity contribution is 0.278. The Labute approximate surface area is 122 Å². The lowest BCUT2D eigenvalue weighted by Crippen LogP contribution is -2.02. The van der Waals surface area contributed by atoms with Crippen molar-refractivity contribution in [2.24, 2.45) is 0 Å². The smallest absolute Gasteiger partial charge is 0.127 e. The summed E-state index contributed by atoms with van der Waals surface area (Å²) in [6.45, 7) is 1.02. The highest BCUT2D eigenvalue weighted by atomic mass is 19.1. The maximum absolute atomic E-state index is 13.3. The van der Waals surface area contributed by atoms with Crippen molar-refractivity contribution in [3.8, 4) is 11.5 Å². The molecule has 1 aliphatic heterocycles. The summed E-state index contributed by atoms with van der Waals surface area (Å²) < 4.78 is 24.3. The second-order valence-electron chi connectivity index (χ2n) is 5.09. The highest BCUT2D eigenvalue weighted by Crippen LogP contribution is 2.26. The molecule has 21 heavy (non-hydrogen) atoms. The molecule has 0 amide bonds. The third-order valence-corrected chi connectivity index (χ3v) is 3.53. The molecule has 4 heteroatoms. The fourth-order valence-electron chi connectivity index (χ4n) is 2.48. The second-order valence-corrected chi connectivity index (χ2v) is 5.09. The van der Waals surface area contributed by atoms with Crippen LogP contribution in [0.2, 0.25) is 0 Å². The van der Waals surface area contributed by atoms with Crippen LogP contribution in [-0.4, -0.2) is 18.3 Å². The quantitative estimate of drug-likeness (QED) is 0.919. The molecule has 0 radical (unpaired) electrons. The summed E-state index contributed by atoms with van der Waals surface area (Å²) in [5, 5.41) is 9.05. The summed E-state index contributed by atoms with van der Waals surface area (Å²) in [5.41, 5.74) is 2.93. The number of aliphatic hydroxyl groups is 1. The van der Waals surface area contributed by atoms with Gasteiger partial charge in [0.15, 0.2) is 0 Å². The number of ether oxygens (including phenoxy) is 2. The molecule has 0 fully saturated rings. The Morgan fingerprint density at radius 1 is 1.14 bits per heavy atom. The highest BCUT2D eigenvalue weighted by molar-refractivity contribution is 5.40. The molecule has 0 spiro atoms. The molecule has 3 rings (SSSR count). The highest BCUT2D eigenvalue weighted by Gasteiger charge is 2.11. The molecule has 1 heterocycles. The van der Waals surface area contributed by atoms with E-state index in [1.165, 1.54) is 23.3 Å². The Kier molecular flexibility index (Phi) is 4.06. The number of hydrogen-bond donors (Lipinski definition) is 1. The third kappa shape index (κ3) is 3.34. The van der Waals surface area contributed by atoms with Crippen molar-refractivity contribution in [2.75, 3.05) is 13.2 Å². The van der Waals surface area contributed by atoms with E-state index in [1.807, 2.05) is 12.1 Å². The zero-order valence-corrected chi connectivity index (χ0v) is 11.6. The van der Waals surface area contributed by atoms with E-state index in [-0.39, 0.29) is 6.61 Å². The maximum Gasteiger partial charge on any atom is 0.127 e. The van der Waals surface area contributed by atoms with Crippen LogP contribution in [0.1, 0.15) is 16.7 Å². The van der Waals surface area contributed by atoms with Gasteiger partial charge in [0.2, 0.25) is 0 Å². The summed E-state index contributed by atoms with van der Waals surface area (Å²) in [4.78, 5) is 0. The molecule has 2 aromatic rings. The van der Waals surface area contributed by atoms with Crippen molar-refractivity contribution in [2.45, 2.75) is 19.4 Å². The van der Waals surface area contributed by atoms with Crippen molar-refractivity contribution >= 4 is 0 Å². The molecule has 0 bridgehead atoms. The predicted octanol–water partition coefficient (Wildman–Crippen LogP) is 2.87. The Hall–Kier alpha value is -2.07. The number of hydrogen-bond acceptors (Lipinski definition) is 3. The Morgan fingerprint density at radius 2 is 2.05 bits per heavy atom. The van der Waals surface area contributed by atoms with Crippen molar-refractivity contribution in [1.82, 2.24) is 0 Å². The molecule has 0 saturated carbocycles. The zero-order valence-electron chi connectivity index (χ0n) is 11.6. The van der Waals surface area contributed by atoms with E-state index in [0.29, 0.717) is 17.9 Å². The molecule has 1 N–H and O–H groups in total. The number of halogens is 1. The fourth-order valence-corrected chi connectivity index (χ4v) is 2.48. The molecule has 0 atom stereocenters. The van der Waals surface area contributed by atoms with Crippen molar-refractivity contribution in [3.05, 3.63) is 58.9 Å². The van der Waals surface area contributed by atoms with Crippen LogP contribution in [0.3, 0.4) is 0 Å². The van der Waals surface area contributed by atoms with Gasteiger partial charge in [0.1, 0.15) is 17.3 Å². The van der Waals surface area contributed by atoms with E-state index in [2.05, 4.69) is 6.07 Å². The third-order valence-electron chi connectivity index (χ3n) is 3.53. The minimum atomic E-state index is -0.397. The van der Waals surface area contributed by atoms with Crippen molar-refractivity contribution in [1.29, 1.82) is 0 Å². The summed E-state index contributed by atoms with van der Waals surface area (Å²) in [6.07, 6.45) is 1.70. The molecule has 0 saturated heterocycles. The molecule has 2 aromatic carbocycles. The Morgan fingerprint density at radius 3 is 2.90 bits per heavy atom. The number of rotatable bonds is 5. The van der Waals surface area contributed by atoms with Crippen LogP contribution >= 0.6 is 0 Å². The van der Waals surface area contributed by atoms with Crippen molar-refractivity contribution in [3.63, 3.8) is 0 Å². The van der Waals surface area contributed by atoms with E-state index < -0.39 is 5.82 Å². The van der Waals surface area contributed by atoms with Crippen LogP contribution in [0.5, 0.6) is 11.5 Å². The van der Waals surface area contributed by atoms with Gasteiger partial charge >= 0.3 is 0 Å². The van der Waals surface area contributed by atoms with E-state index in [4.69, 9.17) is 14.6 Å². The average molecular weight is 288 g/mol.